The van der Waals surface area contributed by atoms with Crippen molar-refractivity contribution >= 4 is 54.8 Å². The average molecular weight is 397 g/mol. The summed E-state index contributed by atoms with van der Waals surface area (Å²) < 4.78 is 1.96. The minimum Gasteiger partial charge on any atom is -0.387 e. The maximum Gasteiger partial charge on any atom is 0.0923 e. The second kappa shape index (κ2) is 5.85. The number of thiophene rings is 1. The highest BCUT2D eigenvalue weighted by atomic mass is 79.9. The molecule has 2 aromatic rings. The summed E-state index contributed by atoms with van der Waals surface area (Å²) >= 11 is 14.4. The summed E-state index contributed by atoms with van der Waals surface area (Å²) in [5.41, 5.74) is 0.960. The highest BCUT2D eigenvalue weighted by Gasteiger charge is 2.14. The summed E-state index contributed by atoms with van der Waals surface area (Å²) in [5.74, 6) is 0. The van der Waals surface area contributed by atoms with E-state index < -0.39 is 6.10 Å². The van der Waals surface area contributed by atoms with Crippen molar-refractivity contribution in [2.75, 3.05) is 0 Å². The van der Waals surface area contributed by atoms with Crippen molar-refractivity contribution in [1.82, 2.24) is 0 Å². The van der Waals surface area contributed by atoms with Crippen LogP contribution >= 0.6 is 54.8 Å². The topological polar surface area (TPSA) is 20.2 Å². The van der Waals surface area contributed by atoms with Crippen LogP contribution in [0, 0.1) is 0 Å². The molecule has 0 aliphatic carbocycles. The van der Waals surface area contributed by atoms with Gasteiger partial charge >= 0.3 is 0 Å². The van der Waals surface area contributed by atoms with Crippen molar-refractivity contribution < 1.29 is 5.11 Å². The van der Waals surface area contributed by atoms with Crippen LogP contribution < -0.4 is 0 Å². The van der Waals surface area contributed by atoms with E-state index in [-0.39, 0.29) is 0 Å². The normalized spacial score (nSPS) is 12.7. The van der Waals surface area contributed by atoms with Gasteiger partial charge in [-0.15, -0.1) is 11.3 Å². The SMILES string of the molecule is OC(Cc1ccccc1Cl)c1cc(Br)c(Br)s1. The number of hydrogen-bond acceptors (Lipinski definition) is 2. The lowest BCUT2D eigenvalue weighted by atomic mass is 10.1. The summed E-state index contributed by atoms with van der Waals surface area (Å²) in [5, 5.41) is 10.8. The van der Waals surface area contributed by atoms with E-state index in [2.05, 4.69) is 31.9 Å². The van der Waals surface area contributed by atoms with Gasteiger partial charge in [0, 0.05) is 20.8 Å². The molecule has 0 radical (unpaired) electrons. The quantitative estimate of drug-likeness (QED) is 0.756. The fraction of sp³-hybridized carbons (Fsp3) is 0.167. The lowest BCUT2D eigenvalue weighted by Crippen LogP contribution is -1.99. The lowest BCUT2D eigenvalue weighted by Gasteiger charge is -2.09. The summed E-state index contributed by atoms with van der Waals surface area (Å²) in [4.78, 5) is 0.920. The molecule has 0 saturated carbocycles. The molecule has 1 nitrogen and oxygen atoms in total. The number of rotatable bonds is 3. The van der Waals surface area contributed by atoms with E-state index in [1.165, 1.54) is 11.3 Å². The van der Waals surface area contributed by atoms with E-state index >= 15 is 0 Å². The fourth-order valence-corrected chi connectivity index (χ4v) is 3.79. The van der Waals surface area contributed by atoms with Gasteiger partial charge in [-0.3, -0.25) is 0 Å². The van der Waals surface area contributed by atoms with E-state index in [9.17, 15) is 5.11 Å². The predicted molar refractivity (Wildman–Crippen MR) is 79.8 cm³/mol. The molecule has 0 spiro atoms. The van der Waals surface area contributed by atoms with Crippen LogP contribution in [-0.4, -0.2) is 5.11 Å². The Morgan fingerprint density at radius 3 is 2.59 bits per heavy atom. The molecule has 0 aliphatic heterocycles. The van der Waals surface area contributed by atoms with Crippen LogP contribution in [0.5, 0.6) is 0 Å². The zero-order valence-corrected chi connectivity index (χ0v) is 13.4. The number of halogens is 3. The Balaban J connectivity index is 2.17. The van der Waals surface area contributed by atoms with E-state index in [0.717, 1.165) is 18.7 Å². The molecule has 0 bridgehead atoms. The Hall–Kier alpha value is 0.130. The van der Waals surface area contributed by atoms with Crippen LogP contribution in [-0.2, 0) is 6.42 Å². The molecule has 2 rings (SSSR count). The van der Waals surface area contributed by atoms with Gasteiger partial charge < -0.3 is 5.11 Å². The Bertz CT molecular complexity index is 507. The number of aliphatic hydroxyl groups excluding tert-OH is 1. The van der Waals surface area contributed by atoms with Gasteiger partial charge in [-0.25, -0.2) is 0 Å². The molecular weight excluding hydrogens is 387 g/mol. The fourth-order valence-electron chi connectivity index (χ4n) is 1.50. The van der Waals surface area contributed by atoms with E-state index in [4.69, 9.17) is 11.6 Å². The zero-order chi connectivity index (χ0) is 12.4. The monoisotopic (exact) mass is 394 g/mol. The van der Waals surface area contributed by atoms with E-state index in [1.54, 1.807) is 0 Å². The number of benzene rings is 1. The average Bonchev–Trinajstić information content (AvgIpc) is 2.63. The van der Waals surface area contributed by atoms with Crippen molar-refractivity contribution in [3.63, 3.8) is 0 Å². The third-order valence-electron chi connectivity index (χ3n) is 2.36. The smallest absolute Gasteiger partial charge is 0.0923 e. The van der Waals surface area contributed by atoms with Gasteiger partial charge in [-0.1, -0.05) is 29.8 Å². The molecule has 5 heteroatoms. The summed E-state index contributed by atoms with van der Waals surface area (Å²) in [6.45, 7) is 0. The first-order valence-corrected chi connectivity index (χ1v) is 7.72. The third kappa shape index (κ3) is 3.32. The van der Waals surface area contributed by atoms with E-state index in [1.807, 2.05) is 30.3 Å². The molecule has 17 heavy (non-hydrogen) atoms. The van der Waals surface area contributed by atoms with E-state index in [0.29, 0.717) is 11.4 Å². The van der Waals surface area contributed by atoms with Crippen LogP contribution in [0.25, 0.3) is 0 Å². The van der Waals surface area contributed by atoms with Gasteiger partial charge in [0.1, 0.15) is 0 Å². The maximum absolute atomic E-state index is 10.1. The van der Waals surface area contributed by atoms with Crippen molar-refractivity contribution in [3.8, 4) is 0 Å². The first-order valence-electron chi connectivity index (χ1n) is 4.94. The minimum absolute atomic E-state index is 0.525. The van der Waals surface area contributed by atoms with Crippen LogP contribution in [0.4, 0.5) is 0 Å². The first-order chi connectivity index (χ1) is 8.08. The molecule has 0 fully saturated rings. The Morgan fingerprint density at radius 1 is 1.29 bits per heavy atom. The molecule has 90 valence electrons. The molecule has 0 aliphatic rings. The standard InChI is InChI=1S/C12H9Br2ClOS/c13-8-6-11(17-12(8)14)10(16)5-7-3-1-2-4-9(7)15/h1-4,6,10,16H,5H2. The van der Waals surface area contributed by atoms with Gasteiger partial charge in [0.2, 0.25) is 0 Å². The van der Waals surface area contributed by atoms with Crippen LogP contribution in [0.15, 0.2) is 38.6 Å². The third-order valence-corrected chi connectivity index (χ3v) is 6.09. The maximum atomic E-state index is 10.1. The lowest BCUT2D eigenvalue weighted by molar-refractivity contribution is 0.182. The van der Waals surface area contributed by atoms with Crippen LogP contribution in [0.2, 0.25) is 5.02 Å². The largest absolute Gasteiger partial charge is 0.387 e. The van der Waals surface area contributed by atoms with Gasteiger partial charge in [-0.05, 0) is 49.6 Å². The van der Waals surface area contributed by atoms with Crippen LogP contribution in [0.3, 0.4) is 0 Å². The van der Waals surface area contributed by atoms with Crippen molar-refractivity contribution in [1.29, 1.82) is 0 Å². The molecule has 1 aromatic heterocycles. The van der Waals surface area contributed by atoms with Crippen LogP contribution in [0.1, 0.15) is 16.5 Å². The number of aliphatic hydroxyl groups is 1. The molecule has 0 saturated heterocycles. The molecule has 1 aromatic carbocycles. The molecule has 1 unspecified atom stereocenters. The summed E-state index contributed by atoms with van der Waals surface area (Å²) in [6.07, 6.45) is 0.00139. The highest BCUT2D eigenvalue weighted by molar-refractivity contribution is 9.13. The molecule has 1 heterocycles. The molecule has 1 atom stereocenters. The minimum atomic E-state index is -0.525. The molecule has 0 amide bonds. The number of hydrogen-bond donors (Lipinski definition) is 1. The second-order valence-corrected chi connectivity index (χ2v) is 7.24. The van der Waals surface area contributed by atoms with Gasteiger partial charge in [0.05, 0.1) is 9.89 Å². The van der Waals surface area contributed by atoms with Crippen molar-refractivity contribution in [2.24, 2.45) is 0 Å². The highest BCUT2D eigenvalue weighted by Crippen LogP contribution is 2.36. The predicted octanol–water partition coefficient (Wildman–Crippen LogP) is 5.20. The van der Waals surface area contributed by atoms with Gasteiger partial charge in [0.25, 0.3) is 0 Å². The Kier molecular flexibility index (Phi) is 4.66. The van der Waals surface area contributed by atoms with Gasteiger partial charge in [-0.2, -0.15) is 0 Å². The second-order valence-electron chi connectivity index (χ2n) is 3.58. The van der Waals surface area contributed by atoms with Crippen molar-refractivity contribution in [3.05, 3.63) is 54.1 Å². The summed E-state index contributed by atoms with van der Waals surface area (Å²) in [6, 6.07) is 9.51. The van der Waals surface area contributed by atoms with Gasteiger partial charge in [0.15, 0.2) is 0 Å². The first kappa shape index (κ1) is 13.6. The molecular formula is C12H9Br2ClOS. The zero-order valence-electron chi connectivity index (χ0n) is 8.66. The summed E-state index contributed by atoms with van der Waals surface area (Å²) in [7, 11) is 0. The van der Waals surface area contributed by atoms with Crippen molar-refractivity contribution in [2.45, 2.75) is 12.5 Å². The Morgan fingerprint density at radius 2 is 2.00 bits per heavy atom. The molecule has 1 N–H and O–H groups in total. The Labute approximate surface area is 126 Å².